The first-order valence-electron chi connectivity index (χ1n) is 8.05. The summed E-state index contributed by atoms with van der Waals surface area (Å²) >= 11 is 7.68. The standard InChI is InChI=1S/C18H14ClF2N5S/c1-26-6-4-13(25-26)15-14(9-20)23-17(18-22-5-7-27-18)24-16(15)11-3-2-10(21)8-12(11)19/h2-8,16H,9H2,1H3,(H,23,24). The van der Waals surface area contributed by atoms with E-state index in [4.69, 9.17) is 16.6 Å². The van der Waals surface area contributed by atoms with Crippen LogP contribution in [0.5, 0.6) is 0 Å². The van der Waals surface area contributed by atoms with Crippen LogP contribution in [0.2, 0.25) is 5.02 Å². The van der Waals surface area contributed by atoms with E-state index in [1.807, 2.05) is 5.38 Å². The maximum absolute atomic E-state index is 14.0. The Bertz CT molecular complexity index is 1040. The van der Waals surface area contributed by atoms with Gasteiger partial charge in [-0.05, 0) is 18.2 Å². The zero-order chi connectivity index (χ0) is 19.0. The number of benzene rings is 1. The van der Waals surface area contributed by atoms with Crippen molar-refractivity contribution >= 4 is 34.3 Å². The van der Waals surface area contributed by atoms with E-state index in [-0.39, 0.29) is 5.02 Å². The smallest absolute Gasteiger partial charge is 0.163 e. The summed E-state index contributed by atoms with van der Waals surface area (Å²) in [4.78, 5) is 8.97. The second-order valence-corrected chi connectivity index (χ2v) is 7.21. The van der Waals surface area contributed by atoms with Crippen LogP contribution in [-0.4, -0.2) is 27.3 Å². The molecule has 0 aliphatic carbocycles. The third-order valence-electron chi connectivity index (χ3n) is 4.14. The van der Waals surface area contributed by atoms with Gasteiger partial charge in [-0.15, -0.1) is 11.3 Å². The van der Waals surface area contributed by atoms with Crippen molar-refractivity contribution in [3.63, 3.8) is 0 Å². The lowest BCUT2D eigenvalue weighted by Gasteiger charge is -2.26. The van der Waals surface area contributed by atoms with E-state index in [2.05, 4.69) is 15.4 Å². The summed E-state index contributed by atoms with van der Waals surface area (Å²) in [5, 5.41) is 10.1. The fourth-order valence-corrected chi connectivity index (χ4v) is 3.82. The Kier molecular flexibility index (Phi) is 4.75. The molecular formula is C18H14ClF2N5S. The molecule has 3 aromatic rings. The number of aryl methyl sites for hydroxylation is 1. The number of allylic oxidation sites excluding steroid dienone is 1. The van der Waals surface area contributed by atoms with Gasteiger partial charge in [0, 0.05) is 41.0 Å². The van der Waals surface area contributed by atoms with Gasteiger partial charge in [0.1, 0.15) is 18.5 Å². The average molecular weight is 406 g/mol. The van der Waals surface area contributed by atoms with Crippen LogP contribution in [0.1, 0.15) is 22.3 Å². The van der Waals surface area contributed by atoms with Gasteiger partial charge in [0.05, 0.1) is 11.4 Å². The summed E-state index contributed by atoms with van der Waals surface area (Å²) in [5.74, 6) is -0.00128. The van der Waals surface area contributed by atoms with Crippen molar-refractivity contribution < 1.29 is 8.78 Å². The number of hydrogen-bond donors (Lipinski definition) is 1. The topological polar surface area (TPSA) is 55.1 Å². The van der Waals surface area contributed by atoms with Gasteiger partial charge in [-0.1, -0.05) is 17.7 Å². The van der Waals surface area contributed by atoms with E-state index in [0.717, 1.165) is 0 Å². The highest BCUT2D eigenvalue weighted by Gasteiger charge is 2.31. The molecule has 0 fully saturated rings. The number of thiazole rings is 1. The third kappa shape index (κ3) is 3.38. The summed E-state index contributed by atoms with van der Waals surface area (Å²) in [6, 6.07) is 5.24. The molecule has 1 atom stereocenters. The van der Waals surface area contributed by atoms with Crippen LogP contribution in [0, 0.1) is 5.82 Å². The van der Waals surface area contributed by atoms with Crippen LogP contribution in [0.15, 0.2) is 52.7 Å². The first kappa shape index (κ1) is 17.8. The molecular weight excluding hydrogens is 392 g/mol. The van der Waals surface area contributed by atoms with Crippen molar-refractivity contribution in [1.29, 1.82) is 0 Å². The first-order chi connectivity index (χ1) is 13.1. The highest BCUT2D eigenvalue weighted by Crippen LogP contribution is 2.40. The van der Waals surface area contributed by atoms with Gasteiger partial charge in [0.15, 0.2) is 10.8 Å². The third-order valence-corrected chi connectivity index (χ3v) is 5.25. The number of alkyl halides is 1. The summed E-state index contributed by atoms with van der Waals surface area (Å²) in [5.41, 5.74) is 2.04. The lowest BCUT2D eigenvalue weighted by molar-refractivity contribution is 0.529. The maximum atomic E-state index is 14.0. The molecule has 4 rings (SSSR count). The van der Waals surface area contributed by atoms with Crippen molar-refractivity contribution in [1.82, 2.24) is 20.1 Å². The van der Waals surface area contributed by atoms with E-state index < -0.39 is 18.5 Å². The fourth-order valence-electron chi connectivity index (χ4n) is 2.96. The number of aliphatic imine (C=N–C) groups is 1. The minimum Gasteiger partial charge on any atom is -0.339 e. The first-order valence-corrected chi connectivity index (χ1v) is 9.31. The van der Waals surface area contributed by atoms with Crippen molar-refractivity contribution in [2.75, 3.05) is 6.67 Å². The molecule has 3 heterocycles. The maximum Gasteiger partial charge on any atom is 0.163 e. The van der Waals surface area contributed by atoms with Crippen molar-refractivity contribution in [2.45, 2.75) is 6.04 Å². The molecule has 138 valence electrons. The number of hydrogen-bond acceptors (Lipinski definition) is 5. The van der Waals surface area contributed by atoms with E-state index in [0.29, 0.717) is 33.4 Å². The molecule has 27 heavy (non-hydrogen) atoms. The van der Waals surface area contributed by atoms with Gasteiger partial charge in [0.25, 0.3) is 0 Å². The largest absolute Gasteiger partial charge is 0.339 e. The number of nitrogens with one attached hydrogen (secondary N) is 1. The van der Waals surface area contributed by atoms with Gasteiger partial charge in [-0.25, -0.2) is 13.8 Å². The summed E-state index contributed by atoms with van der Waals surface area (Å²) < 4.78 is 29.1. The minimum atomic E-state index is -0.744. The Morgan fingerprint density at radius 3 is 2.81 bits per heavy atom. The molecule has 5 nitrogen and oxygen atoms in total. The highest BCUT2D eigenvalue weighted by molar-refractivity contribution is 7.11. The molecule has 2 aromatic heterocycles. The summed E-state index contributed by atoms with van der Waals surface area (Å²) in [6.07, 6.45) is 3.42. The van der Waals surface area contributed by atoms with Crippen LogP contribution >= 0.6 is 22.9 Å². The SMILES string of the molecule is Cn1ccc(C2=C(CF)NC(c3nccs3)=NC2c2ccc(F)cc2Cl)n1. The Morgan fingerprint density at radius 1 is 1.33 bits per heavy atom. The van der Waals surface area contributed by atoms with E-state index in [9.17, 15) is 8.78 Å². The molecule has 1 aliphatic rings. The molecule has 0 radical (unpaired) electrons. The molecule has 0 saturated carbocycles. The van der Waals surface area contributed by atoms with Gasteiger partial charge < -0.3 is 5.32 Å². The van der Waals surface area contributed by atoms with Crippen molar-refractivity contribution in [2.24, 2.45) is 12.0 Å². The number of amidine groups is 1. The van der Waals surface area contributed by atoms with Gasteiger partial charge >= 0.3 is 0 Å². The molecule has 1 aromatic carbocycles. The Labute approximate surface area is 163 Å². The zero-order valence-corrected chi connectivity index (χ0v) is 15.7. The molecule has 1 N–H and O–H groups in total. The van der Waals surface area contributed by atoms with Crippen LogP contribution < -0.4 is 5.32 Å². The lowest BCUT2D eigenvalue weighted by Crippen LogP contribution is -2.31. The number of nitrogens with zero attached hydrogens (tertiary/aromatic N) is 4. The van der Waals surface area contributed by atoms with Crippen LogP contribution in [-0.2, 0) is 7.05 Å². The van der Waals surface area contributed by atoms with Crippen molar-refractivity contribution in [3.05, 3.63) is 74.8 Å². The van der Waals surface area contributed by atoms with E-state index in [1.54, 1.807) is 36.3 Å². The molecule has 0 bridgehead atoms. The highest BCUT2D eigenvalue weighted by atomic mass is 35.5. The Morgan fingerprint density at radius 2 is 2.19 bits per heavy atom. The molecule has 9 heteroatoms. The predicted molar refractivity (Wildman–Crippen MR) is 102 cm³/mol. The van der Waals surface area contributed by atoms with Crippen LogP contribution in [0.3, 0.4) is 0 Å². The number of halogens is 3. The quantitative estimate of drug-likeness (QED) is 0.709. The second-order valence-electron chi connectivity index (χ2n) is 5.91. The summed E-state index contributed by atoms with van der Waals surface area (Å²) in [7, 11) is 1.78. The normalized spacial score (nSPS) is 17.0. The van der Waals surface area contributed by atoms with Crippen molar-refractivity contribution in [3.8, 4) is 0 Å². The average Bonchev–Trinajstić information content (AvgIpc) is 3.32. The monoisotopic (exact) mass is 405 g/mol. The summed E-state index contributed by atoms with van der Waals surface area (Å²) in [6.45, 7) is -0.744. The predicted octanol–water partition coefficient (Wildman–Crippen LogP) is 4.14. The molecule has 0 saturated heterocycles. The van der Waals surface area contributed by atoms with Crippen LogP contribution in [0.25, 0.3) is 5.57 Å². The molecule has 0 amide bonds. The van der Waals surface area contributed by atoms with E-state index in [1.165, 1.54) is 23.5 Å². The molecule has 1 aliphatic heterocycles. The fraction of sp³-hybridized carbons (Fsp3) is 0.167. The van der Waals surface area contributed by atoms with Gasteiger partial charge in [-0.3, -0.25) is 9.67 Å². The van der Waals surface area contributed by atoms with Gasteiger partial charge in [0.2, 0.25) is 0 Å². The second kappa shape index (κ2) is 7.21. The molecule has 1 unspecified atom stereocenters. The molecule has 0 spiro atoms. The number of aromatic nitrogens is 3. The van der Waals surface area contributed by atoms with Crippen LogP contribution in [0.4, 0.5) is 8.78 Å². The zero-order valence-electron chi connectivity index (χ0n) is 14.2. The van der Waals surface area contributed by atoms with Gasteiger partial charge in [-0.2, -0.15) is 5.10 Å². The Balaban J connectivity index is 1.91. The minimum absolute atomic E-state index is 0.218. The van der Waals surface area contributed by atoms with E-state index >= 15 is 0 Å². The number of rotatable bonds is 4. The Hall–Kier alpha value is -2.58. The lowest BCUT2D eigenvalue weighted by atomic mass is 9.93.